The Labute approximate surface area is 130 Å². The molecule has 0 unspecified atom stereocenters. The fourth-order valence-electron chi connectivity index (χ4n) is 2.87. The Kier molecular flexibility index (Phi) is 2.43. The minimum atomic E-state index is 0.560. The van der Waals surface area contributed by atoms with Crippen molar-refractivity contribution in [3.05, 3.63) is 61.3 Å². The Morgan fingerprint density at radius 1 is 0.870 bits per heavy atom. The lowest BCUT2D eigenvalue weighted by Crippen LogP contribution is -1.88. The van der Waals surface area contributed by atoms with Crippen molar-refractivity contribution in [3.8, 4) is 11.4 Å². The molecule has 23 heavy (non-hydrogen) atoms. The van der Waals surface area contributed by atoms with Gasteiger partial charge in [0.05, 0.1) is 16.5 Å². The van der Waals surface area contributed by atoms with Crippen molar-refractivity contribution in [2.24, 2.45) is 0 Å². The predicted octanol–water partition coefficient (Wildman–Crippen LogP) is 3.99. The molecule has 0 bridgehead atoms. The topological polar surface area (TPSA) is 64.7 Å². The molecule has 0 aliphatic heterocycles. The van der Waals surface area contributed by atoms with Gasteiger partial charge < -0.3 is 4.42 Å². The van der Waals surface area contributed by atoms with Crippen molar-refractivity contribution < 1.29 is 4.42 Å². The highest BCUT2D eigenvalue weighted by atomic mass is 16.3. The van der Waals surface area contributed by atoms with E-state index in [4.69, 9.17) is 4.42 Å². The Bertz CT molecular complexity index is 1180. The third-order valence-corrected chi connectivity index (χ3v) is 3.94. The standard InChI is InChI=1S/C18H10N4O/c1-2-4-12-8-21-14(7-11(12)3-1)17-16-13-9-19-10-22-18(13)23-15(16)5-6-20-17/h1-10H. The van der Waals surface area contributed by atoms with Gasteiger partial charge in [0.2, 0.25) is 5.71 Å². The van der Waals surface area contributed by atoms with Crippen molar-refractivity contribution in [1.29, 1.82) is 0 Å². The van der Waals surface area contributed by atoms with E-state index < -0.39 is 0 Å². The SMILES string of the molecule is c1ccc2cc(-c3nccc4oc5ncncc5c34)ncc2c1. The predicted molar refractivity (Wildman–Crippen MR) is 87.8 cm³/mol. The van der Waals surface area contributed by atoms with Crippen LogP contribution in [0.2, 0.25) is 0 Å². The van der Waals surface area contributed by atoms with Crippen LogP contribution in [-0.2, 0) is 0 Å². The Hall–Kier alpha value is -3.34. The van der Waals surface area contributed by atoms with E-state index >= 15 is 0 Å². The zero-order valence-electron chi connectivity index (χ0n) is 12.0. The zero-order chi connectivity index (χ0) is 15.2. The third-order valence-electron chi connectivity index (χ3n) is 3.94. The molecule has 0 saturated carbocycles. The Balaban J connectivity index is 1.87. The zero-order valence-corrected chi connectivity index (χ0v) is 12.0. The van der Waals surface area contributed by atoms with Gasteiger partial charge >= 0.3 is 0 Å². The van der Waals surface area contributed by atoms with Gasteiger partial charge in [-0.1, -0.05) is 24.3 Å². The number of rotatable bonds is 1. The number of hydrogen-bond donors (Lipinski definition) is 0. The van der Waals surface area contributed by atoms with Crippen LogP contribution in [0.25, 0.3) is 44.2 Å². The largest absolute Gasteiger partial charge is 0.437 e. The minimum Gasteiger partial charge on any atom is -0.437 e. The maximum Gasteiger partial charge on any atom is 0.230 e. The van der Waals surface area contributed by atoms with E-state index in [1.807, 2.05) is 36.5 Å². The lowest BCUT2D eigenvalue weighted by atomic mass is 10.1. The minimum absolute atomic E-state index is 0.560. The van der Waals surface area contributed by atoms with Gasteiger partial charge in [-0.3, -0.25) is 9.97 Å². The number of aromatic nitrogens is 4. The van der Waals surface area contributed by atoms with Crippen LogP contribution < -0.4 is 0 Å². The molecule has 108 valence electrons. The highest BCUT2D eigenvalue weighted by Gasteiger charge is 2.15. The fourth-order valence-corrected chi connectivity index (χ4v) is 2.87. The molecule has 5 aromatic rings. The van der Waals surface area contributed by atoms with Gasteiger partial charge in [-0.2, -0.15) is 0 Å². The van der Waals surface area contributed by atoms with Gasteiger partial charge in [0.25, 0.3) is 0 Å². The molecule has 4 aromatic heterocycles. The van der Waals surface area contributed by atoms with Crippen molar-refractivity contribution in [2.75, 3.05) is 0 Å². The first-order valence-corrected chi connectivity index (χ1v) is 7.22. The molecule has 0 aliphatic carbocycles. The van der Waals surface area contributed by atoms with Gasteiger partial charge in [-0.05, 0) is 17.5 Å². The lowest BCUT2D eigenvalue weighted by molar-refractivity contribution is 0.652. The molecule has 0 atom stereocenters. The second kappa shape index (κ2) is 4.58. The average Bonchev–Trinajstić information content (AvgIpc) is 3.00. The smallest absolute Gasteiger partial charge is 0.230 e. The van der Waals surface area contributed by atoms with E-state index in [-0.39, 0.29) is 0 Å². The normalized spacial score (nSPS) is 11.5. The number of pyridine rings is 2. The van der Waals surface area contributed by atoms with E-state index in [2.05, 4.69) is 26.0 Å². The first-order chi connectivity index (χ1) is 11.4. The molecular weight excluding hydrogens is 288 g/mol. The van der Waals surface area contributed by atoms with Crippen LogP contribution in [-0.4, -0.2) is 19.9 Å². The summed E-state index contributed by atoms with van der Waals surface area (Å²) in [4.78, 5) is 17.4. The maximum absolute atomic E-state index is 5.78. The van der Waals surface area contributed by atoms with E-state index in [1.165, 1.54) is 6.33 Å². The molecule has 1 aromatic carbocycles. The summed E-state index contributed by atoms with van der Waals surface area (Å²) in [7, 11) is 0. The molecule has 0 aliphatic rings. The molecular formula is C18H10N4O. The number of fused-ring (bicyclic) bond motifs is 4. The molecule has 0 radical (unpaired) electrons. The summed E-state index contributed by atoms with van der Waals surface area (Å²) in [5.74, 6) is 0. The van der Waals surface area contributed by atoms with E-state index in [9.17, 15) is 0 Å². The van der Waals surface area contributed by atoms with Crippen LogP contribution >= 0.6 is 0 Å². The van der Waals surface area contributed by atoms with Crippen LogP contribution in [0.4, 0.5) is 0 Å². The number of furan rings is 1. The average molecular weight is 298 g/mol. The quantitative estimate of drug-likeness (QED) is 0.468. The first-order valence-electron chi connectivity index (χ1n) is 7.22. The second-order valence-electron chi connectivity index (χ2n) is 5.29. The van der Waals surface area contributed by atoms with E-state index in [0.29, 0.717) is 5.71 Å². The monoisotopic (exact) mass is 298 g/mol. The molecule has 0 amide bonds. The number of hydrogen-bond acceptors (Lipinski definition) is 5. The molecule has 5 heteroatoms. The molecule has 5 rings (SSSR count). The summed E-state index contributed by atoms with van der Waals surface area (Å²) < 4.78 is 5.78. The highest BCUT2D eigenvalue weighted by Crippen LogP contribution is 2.33. The Morgan fingerprint density at radius 3 is 2.74 bits per heavy atom. The lowest BCUT2D eigenvalue weighted by Gasteiger charge is -2.03. The van der Waals surface area contributed by atoms with Crippen LogP contribution in [0, 0.1) is 0 Å². The summed E-state index contributed by atoms with van der Waals surface area (Å²) in [5, 5.41) is 3.97. The van der Waals surface area contributed by atoms with Crippen LogP contribution in [0.5, 0.6) is 0 Å². The Morgan fingerprint density at radius 2 is 1.78 bits per heavy atom. The van der Waals surface area contributed by atoms with Gasteiger partial charge in [0.15, 0.2) is 0 Å². The van der Waals surface area contributed by atoms with Crippen molar-refractivity contribution in [2.45, 2.75) is 0 Å². The van der Waals surface area contributed by atoms with Gasteiger partial charge in [0, 0.05) is 24.0 Å². The van der Waals surface area contributed by atoms with E-state index in [1.54, 1.807) is 12.4 Å². The number of nitrogens with zero attached hydrogens (tertiary/aromatic N) is 4. The highest BCUT2D eigenvalue weighted by molar-refractivity contribution is 6.09. The molecule has 0 fully saturated rings. The van der Waals surface area contributed by atoms with Crippen LogP contribution in [0.3, 0.4) is 0 Å². The molecule has 4 heterocycles. The number of benzene rings is 1. The molecule has 0 spiro atoms. The second-order valence-corrected chi connectivity index (χ2v) is 5.29. The van der Waals surface area contributed by atoms with Crippen molar-refractivity contribution in [3.63, 3.8) is 0 Å². The van der Waals surface area contributed by atoms with Gasteiger partial charge in [-0.15, -0.1) is 0 Å². The van der Waals surface area contributed by atoms with E-state index in [0.717, 1.165) is 38.5 Å². The summed E-state index contributed by atoms with van der Waals surface area (Å²) in [6.07, 6.45) is 6.82. The van der Waals surface area contributed by atoms with Crippen LogP contribution in [0.1, 0.15) is 0 Å². The summed E-state index contributed by atoms with van der Waals surface area (Å²) in [6, 6.07) is 12.0. The molecule has 5 nitrogen and oxygen atoms in total. The maximum atomic E-state index is 5.78. The molecule has 0 N–H and O–H groups in total. The summed E-state index contributed by atoms with van der Waals surface area (Å²) in [6.45, 7) is 0. The van der Waals surface area contributed by atoms with Crippen molar-refractivity contribution in [1.82, 2.24) is 19.9 Å². The summed E-state index contributed by atoms with van der Waals surface area (Å²) in [5.41, 5.74) is 2.88. The van der Waals surface area contributed by atoms with Gasteiger partial charge in [-0.25, -0.2) is 9.97 Å². The van der Waals surface area contributed by atoms with Gasteiger partial charge in [0.1, 0.15) is 17.6 Å². The third kappa shape index (κ3) is 1.80. The molecule has 0 saturated heterocycles. The van der Waals surface area contributed by atoms with Crippen LogP contribution in [0.15, 0.2) is 65.7 Å². The first kappa shape index (κ1) is 12.2. The fraction of sp³-hybridized carbons (Fsp3) is 0. The van der Waals surface area contributed by atoms with Crippen molar-refractivity contribution >= 4 is 32.8 Å². The summed E-state index contributed by atoms with van der Waals surface area (Å²) >= 11 is 0.